The third-order valence-corrected chi connectivity index (χ3v) is 3.21. The molecule has 0 aliphatic heterocycles. The van der Waals surface area contributed by atoms with Crippen LogP contribution in [-0.2, 0) is 6.61 Å². The van der Waals surface area contributed by atoms with Crippen molar-refractivity contribution in [3.05, 3.63) is 63.1 Å². The summed E-state index contributed by atoms with van der Waals surface area (Å²) in [5.41, 5.74) is 0.713. The van der Waals surface area contributed by atoms with Crippen molar-refractivity contribution < 1.29 is 13.5 Å². The summed E-state index contributed by atoms with van der Waals surface area (Å²) < 4.78 is 31.9. The predicted octanol–water partition coefficient (Wildman–Crippen LogP) is 4.96. The van der Waals surface area contributed by atoms with Crippen molar-refractivity contribution in [2.24, 2.45) is 0 Å². The Hall–Kier alpha value is -1.13. The standard InChI is InChI=1S/C13H8BrClF2O/c14-10-3-2-9(6-13(10)17)18-7-8-1-4-12(16)11(15)5-8/h1-6H,7H2. The van der Waals surface area contributed by atoms with Gasteiger partial charge in [0.05, 0.1) is 9.50 Å². The average molecular weight is 334 g/mol. The SMILES string of the molecule is Fc1ccc(COc2ccc(Br)c(F)c2)cc1Cl. The Kier molecular flexibility index (Phi) is 4.19. The normalized spacial score (nSPS) is 10.4. The van der Waals surface area contributed by atoms with Gasteiger partial charge in [-0.25, -0.2) is 8.78 Å². The van der Waals surface area contributed by atoms with E-state index in [0.29, 0.717) is 15.8 Å². The molecule has 0 aromatic heterocycles. The zero-order valence-corrected chi connectivity index (χ0v) is 11.4. The van der Waals surface area contributed by atoms with E-state index in [4.69, 9.17) is 16.3 Å². The number of rotatable bonds is 3. The molecule has 18 heavy (non-hydrogen) atoms. The van der Waals surface area contributed by atoms with Crippen LogP contribution in [0.5, 0.6) is 5.75 Å². The molecule has 2 aromatic rings. The first-order chi connectivity index (χ1) is 8.56. The van der Waals surface area contributed by atoms with Crippen molar-refractivity contribution in [1.29, 1.82) is 0 Å². The predicted molar refractivity (Wildman–Crippen MR) is 69.8 cm³/mol. The van der Waals surface area contributed by atoms with E-state index in [9.17, 15) is 8.78 Å². The van der Waals surface area contributed by atoms with Crippen LogP contribution in [0.15, 0.2) is 40.9 Å². The number of hydrogen-bond acceptors (Lipinski definition) is 1. The Morgan fingerprint density at radius 1 is 1.06 bits per heavy atom. The highest BCUT2D eigenvalue weighted by Gasteiger charge is 2.04. The fraction of sp³-hybridized carbons (Fsp3) is 0.0769. The van der Waals surface area contributed by atoms with Crippen LogP contribution in [0, 0.1) is 11.6 Å². The molecule has 0 heterocycles. The molecule has 0 bridgehead atoms. The zero-order valence-electron chi connectivity index (χ0n) is 9.09. The maximum absolute atomic E-state index is 13.2. The van der Waals surface area contributed by atoms with Crippen LogP contribution in [0.2, 0.25) is 5.02 Å². The third-order valence-electron chi connectivity index (χ3n) is 2.28. The summed E-state index contributed by atoms with van der Waals surface area (Å²) in [6, 6.07) is 8.78. The molecule has 0 saturated heterocycles. The van der Waals surface area contributed by atoms with Crippen molar-refractivity contribution in [1.82, 2.24) is 0 Å². The van der Waals surface area contributed by atoms with Gasteiger partial charge in [0.1, 0.15) is 24.0 Å². The first-order valence-corrected chi connectivity index (χ1v) is 6.25. The zero-order chi connectivity index (χ0) is 13.1. The number of hydrogen-bond donors (Lipinski definition) is 0. The lowest BCUT2D eigenvalue weighted by Gasteiger charge is -2.07. The second-order valence-electron chi connectivity index (χ2n) is 3.61. The largest absolute Gasteiger partial charge is 0.489 e. The second kappa shape index (κ2) is 5.67. The quantitative estimate of drug-likeness (QED) is 0.771. The average Bonchev–Trinajstić information content (AvgIpc) is 2.35. The van der Waals surface area contributed by atoms with Crippen molar-refractivity contribution in [3.8, 4) is 5.75 Å². The number of ether oxygens (including phenoxy) is 1. The van der Waals surface area contributed by atoms with E-state index < -0.39 is 11.6 Å². The third kappa shape index (κ3) is 3.21. The molecule has 0 saturated carbocycles. The monoisotopic (exact) mass is 332 g/mol. The first kappa shape index (κ1) is 13.3. The molecule has 0 fully saturated rings. The molecule has 0 N–H and O–H groups in total. The van der Waals surface area contributed by atoms with E-state index >= 15 is 0 Å². The molecular formula is C13H8BrClF2O. The van der Waals surface area contributed by atoms with Gasteiger partial charge in [0, 0.05) is 6.07 Å². The van der Waals surface area contributed by atoms with Crippen LogP contribution in [0.1, 0.15) is 5.56 Å². The highest BCUT2D eigenvalue weighted by Crippen LogP contribution is 2.22. The fourth-order valence-corrected chi connectivity index (χ4v) is 1.81. The first-order valence-electron chi connectivity index (χ1n) is 5.08. The molecule has 2 rings (SSSR count). The lowest BCUT2D eigenvalue weighted by atomic mass is 10.2. The van der Waals surface area contributed by atoms with Crippen LogP contribution < -0.4 is 4.74 Å². The van der Waals surface area contributed by atoms with Crippen molar-refractivity contribution in [2.75, 3.05) is 0 Å². The second-order valence-corrected chi connectivity index (χ2v) is 4.87. The molecule has 94 valence electrons. The number of halogens is 4. The molecule has 2 aromatic carbocycles. The summed E-state index contributed by atoms with van der Waals surface area (Å²) >= 11 is 8.70. The van der Waals surface area contributed by atoms with Gasteiger partial charge in [-0.05, 0) is 45.8 Å². The van der Waals surface area contributed by atoms with Crippen LogP contribution in [-0.4, -0.2) is 0 Å². The van der Waals surface area contributed by atoms with E-state index in [-0.39, 0.29) is 11.6 Å². The van der Waals surface area contributed by atoms with Gasteiger partial charge in [-0.15, -0.1) is 0 Å². The lowest BCUT2D eigenvalue weighted by molar-refractivity contribution is 0.304. The van der Waals surface area contributed by atoms with Gasteiger partial charge >= 0.3 is 0 Å². The highest BCUT2D eigenvalue weighted by molar-refractivity contribution is 9.10. The molecule has 0 unspecified atom stereocenters. The molecule has 0 aliphatic carbocycles. The van der Waals surface area contributed by atoms with E-state index in [1.807, 2.05) is 0 Å². The van der Waals surface area contributed by atoms with Gasteiger partial charge in [0.25, 0.3) is 0 Å². The Labute approximate surface area is 116 Å². The minimum Gasteiger partial charge on any atom is -0.489 e. The van der Waals surface area contributed by atoms with E-state index in [1.165, 1.54) is 18.2 Å². The molecule has 0 radical (unpaired) electrons. The lowest BCUT2D eigenvalue weighted by Crippen LogP contribution is -1.96. The van der Waals surface area contributed by atoms with Crippen LogP contribution in [0.3, 0.4) is 0 Å². The molecule has 0 amide bonds. The summed E-state index contributed by atoms with van der Waals surface area (Å²) in [6.07, 6.45) is 0. The summed E-state index contributed by atoms with van der Waals surface area (Å²) in [5, 5.41) is 0.0399. The highest BCUT2D eigenvalue weighted by atomic mass is 79.9. The van der Waals surface area contributed by atoms with Gasteiger partial charge in [0.15, 0.2) is 0 Å². The van der Waals surface area contributed by atoms with Crippen LogP contribution in [0.25, 0.3) is 0 Å². The maximum atomic E-state index is 13.2. The summed E-state index contributed by atoms with van der Waals surface area (Å²) in [7, 11) is 0. The van der Waals surface area contributed by atoms with E-state index in [1.54, 1.807) is 18.2 Å². The van der Waals surface area contributed by atoms with Crippen LogP contribution >= 0.6 is 27.5 Å². The summed E-state index contributed by atoms with van der Waals surface area (Å²) in [4.78, 5) is 0. The maximum Gasteiger partial charge on any atom is 0.141 e. The smallest absolute Gasteiger partial charge is 0.141 e. The summed E-state index contributed by atoms with van der Waals surface area (Å²) in [6.45, 7) is 0.196. The molecule has 1 nitrogen and oxygen atoms in total. The van der Waals surface area contributed by atoms with Crippen LogP contribution in [0.4, 0.5) is 8.78 Å². The number of benzene rings is 2. The Morgan fingerprint density at radius 2 is 1.83 bits per heavy atom. The van der Waals surface area contributed by atoms with Gasteiger partial charge < -0.3 is 4.74 Å². The minimum absolute atomic E-state index is 0.0399. The van der Waals surface area contributed by atoms with Crippen molar-refractivity contribution in [2.45, 2.75) is 6.61 Å². The van der Waals surface area contributed by atoms with Crippen molar-refractivity contribution >= 4 is 27.5 Å². The van der Waals surface area contributed by atoms with E-state index in [2.05, 4.69) is 15.9 Å². The molecule has 0 spiro atoms. The molecule has 0 aliphatic rings. The Morgan fingerprint density at radius 3 is 2.50 bits per heavy atom. The van der Waals surface area contributed by atoms with E-state index in [0.717, 1.165) is 0 Å². The Bertz CT molecular complexity index is 523. The molecule has 5 heteroatoms. The van der Waals surface area contributed by atoms with Crippen molar-refractivity contribution in [3.63, 3.8) is 0 Å². The van der Waals surface area contributed by atoms with Gasteiger partial charge in [0.2, 0.25) is 0 Å². The molecule has 0 atom stereocenters. The summed E-state index contributed by atoms with van der Waals surface area (Å²) in [5.74, 6) is -0.476. The Balaban J connectivity index is 2.06. The molecular weight excluding hydrogens is 325 g/mol. The van der Waals surface area contributed by atoms with Gasteiger partial charge in [-0.3, -0.25) is 0 Å². The minimum atomic E-state index is -0.477. The van der Waals surface area contributed by atoms with Gasteiger partial charge in [-0.1, -0.05) is 17.7 Å². The van der Waals surface area contributed by atoms with Gasteiger partial charge in [-0.2, -0.15) is 0 Å². The topological polar surface area (TPSA) is 9.23 Å². The fourth-order valence-electron chi connectivity index (χ4n) is 1.36.